The van der Waals surface area contributed by atoms with E-state index in [1.165, 1.54) is 0 Å². The molecule has 0 aliphatic rings. The van der Waals surface area contributed by atoms with E-state index < -0.39 is 10.0 Å². The Balaban J connectivity index is 2.14. The average Bonchev–Trinajstić information content (AvgIpc) is 2.90. The SMILES string of the molecule is Cc1cc(CN)ccc1S(=O)(=O)NC(C)Cn1cccn1. The highest BCUT2D eigenvalue weighted by molar-refractivity contribution is 7.89. The Morgan fingerprint density at radius 2 is 2.19 bits per heavy atom. The summed E-state index contributed by atoms with van der Waals surface area (Å²) in [5.41, 5.74) is 7.16. The molecule has 0 amide bonds. The van der Waals surface area contributed by atoms with Gasteiger partial charge in [-0.25, -0.2) is 13.1 Å². The van der Waals surface area contributed by atoms with Gasteiger partial charge in [-0.05, 0) is 37.1 Å². The summed E-state index contributed by atoms with van der Waals surface area (Å²) < 4.78 is 29.2. The summed E-state index contributed by atoms with van der Waals surface area (Å²) in [6, 6.07) is 6.67. The zero-order valence-corrected chi connectivity index (χ0v) is 13.0. The lowest BCUT2D eigenvalue weighted by Gasteiger charge is -2.16. The molecule has 0 aliphatic heterocycles. The Kier molecular flexibility index (Phi) is 4.76. The van der Waals surface area contributed by atoms with Crippen LogP contribution < -0.4 is 10.5 Å². The predicted octanol–water partition coefficient (Wildman–Crippen LogP) is 1.02. The topological polar surface area (TPSA) is 90.0 Å². The van der Waals surface area contributed by atoms with Crippen LogP contribution in [0.15, 0.2) is 41.6 Å². The molecule has 1 aromatic carbocycles. The molecule has 0 saturated heterocycles. The van der Waals surface area contributed by atoms with Crippen LogP contribution in [-0.4, -0.2) is 24.2 Å². The van der Waals surface area contributed by atoms with Crippen molar-refractivity contribution in [3.05, 3.63) is 47.8 Å². The van der Waals surface area contributed by atoms with Crippen LogP contribution in [0.2, 0.25) is 0 Å². The molecule has 7 heteroatoms. The standard InChI is InChI=1S/C14H20N4O2S/c1-11-8-13(9-15)4-5-14(11)21(19,20)17-12(2)10-18-7-3-6-16-18/h3-8,12,17H,9-10,15H2,1-2H3. The zero-order chi connectivity index (χ0) is 15.5. The van der Waals surface area contributed by atoms with Crippen molar-refractivity contribution >= 4 is 10.0 Å². The van der Waals surface area contributed by atoms with Crippen molar-refractivity contribution in [2.75, 3.05) is 0 Å². The van der Waals surface area contributed by atoms with Crippen LogP contribution in [0.3, 0.4) is 0 Å². The Labute approximate surface area is 125 Å². The summed E-state index contributed by atoms with van der Waals surface area (Å²) in [5.74, 6) is 0. The molecular formula is C14H20N4O2S. The second-order valence-electron chi connectivity index (χ2n) is 5.05. The van der Waals surface area contributed by atoms with Gasteiger partial charge in [-0.2, -0.15) is 5.10 Å². The largest absolute Gasteiger partial charge is 0.326 e. The molecule has 1 heterocycles. The number of aromatic nitrogens is 2. The number of nitrogens with two attached hydrogens (primary N) is 1. The van der Waals surface area contributed by atoms with Gasteiger partial charge in [-0.1, -0.05) is 12.1 Å². The van der Waals surface area contributed by atoms with Crippen molar-refractivity contribution in [2.45, 2.75) is 37.9 Å². The summed E-state index contributed by atoms with van der Waals surface area (Å²) >= 11 is 0. The third-order valence-electron chi connectivity index (χ3n) is 3.14. The van der Waals surface area contributed by atoms with Crippen LogP contribution in [0, 0.1) is 6.92 Å². The minimum atomic E-state index is -3.55. The van der Waals surface area contributed by atoms with Gasteiger partial charge in [-0.3, -0.25) is 4.68 Å². The van der Waals surface area contributed by atoms with E-state index in [4.69, 9.17) is 5.73 Å². The number of rotatable bonds is 6. The first kappa shape index (κ1) is 15.7. The van der Waals surface area contributed by atoms with Gasteiger partial charge < -0.3 is 5.73 Å². The first-order valence-electron chi connectivity index (χ1n) is 6.71. The summed E-state index contributed by atoms with van der Waals surface area (Å²) in [5, 5.41) is 4.07. The van der Waals surface area contributed by atoms with Crippen molar-refractivity contribution in [1.29, 1.82) is 0 Å². The molecule has 0 spiro atoms. The maximum atomic E-state index is 12.4. The lowest BCUT2D eigenvalue weighted by molar-refractivity contribution is 0.493. The molecule has 2 rings (SSSR count). The molecular weight excluding hydrogens is 288 g/mol. The molecule has 0 aliphatic carbocycles. The van der Waals surface area contributed by atoms with E-state index in [2.05, 4.69) is 9.82 Å². The smallest absolute Gasteiger partial charge is 0.241 e. The highest BCUT2D eigenvalue weighted by Crippen LogP contribution is 2.17. The second kappa shape index (κ2) is 6.38. The molecule has 0 saturated carbocycles. The molecule has 1 atom stereocenters. The molecule has 1 aromatic heterocycles. The van der Waals surface area contributed by atoms with E-state index in [0.717, 1.165) is 5.56 Å². The minimum absolute atomic E-state index is 0.261. The van der Waals surface area contributed by atoms with Crippen LogP contribution in [0.25, 0.3) is 0 Å². The van der Waals surface area contributed by atoms with E-state index in [1.54, 1.807) is 48.3 Å². The predicted molar refractivity (Wildman–Crippen MR) is 81.1 cm³/mol. The third kappa shape index (κ3) is 3.90. The van der Waals surface area contributed by atoms with Crippen LogP contribution >= 0.6 is 0 Å². The van der Waals surface area contributed by atoms with Gasteiger partial charge in [0.05, 0.1) is 11.4 Å². The van der Waals surface area contributed by atoms with Gasteiger partial charge in [0.25, 0.3) is 0 Å². The van der Waals surface area contributed by atoms with Crippen molar-refractivity contribution in [1.82, 2.24) is 14.5 Å². The van der Waals surface area contributed by atoms with Gasteiger partial charge >= 0.3 is 0 Å². The fourth-order valence-corrected chi connectivity index (χ4v) is 3.66. The summed E-state index contributed by atoms with van der Waals surface area (Å²) in [7, 11) is -3.55. The van der Waals surface area contributed by atoms with Crippen molar-refractivity contribution in [3.63, 3.8) is 0 Å². The number of aryl methyl sites for hydroxylation is 1. The minimum Gasteiger partial charge on any atom is -0.326 e. The van der Waals surface area contributed by atoms with E-state index in [-0.39, 0.29) is 10.9 Å². The molecule has 0 fully saturated rings. The Hall–Kier alpha value is -1.70. The van der Waals surface area contributed by atoms with E-state index in [1.807, 2.05) is 6.92 Å². The van der Waals surface area contributed by atoms with Gasteiger partial charge in [0.15, 0.2) is 0 Å². The second-order valence-corrected chi connectivity index (χ2v) is 6.74. The number of hydrogen-bond donors (Lipinski definition) is 2. The zero-order valence-electron chi connectivity index (χ0n) is 12.2. The van der Waals surface area contributed by atoms with Gasteiger partial charge in [0.1, 0.15) is 0 Å². The van der Waals surface area contributed by atoms with Crippen molar-refractivity contribution in [2.24, 2.45) is 5.73 Å². The van der Waals surface area contributed by atoms with Gasteiger partial charge in [0, 0.05) is 25.0 Å². The molecule has 3 N–H and O–H groups in total. The maximum Gasteiger partial charge on any atom is 0.241 e. The first-order valence-corrected chi connectivity index (χ1v) is 8.20. The fourth-order valence-electron chi connectivity index (χ4n) is 2.19. The Bertz CT molecular complexity index is 696. The number of benzene rings is 1. The maximum absolute atomic E-state index is 12.4. The Morgan fingerprint density at radius 1 is 1.43 bits per heavy atom. The number of hydrogen-bond acceptors (Lipinski definition) is 4. The summed E-state index contributed by atoms with van der Waals surface area (Å²) in [6.07, 6.45) is 3.46. The van der Waals surface area contributed by atoms with Gasteiger partial charge in [0.2, 0.25) is 10.0 Å². The highest BCUT2D eigenvalue weighted by atomic mass is 32.2. The molecule has 0 radical (unpaired) electrons. The van der Waals surface area contributed by atoms with Crippen molar-refractivity contribution in [3.8, 4) is 0 Å². The molecule has 2 aromatic rings. The molecule has 21 heavy (non-hydrogen) atoms. The average molecular weight is 308 g/mol. The normalized spacial score (nSPS) is 13.3. The first-order chi connectivity index (χ1) is 9.92. The summed E-state index contributed by atoms with van der Waals surface area (Å²) in [6.45, 7) is 4.45. The Morgan fingerprint density at radius 3 is 2.76 bits per heavy atom. The number of sulfonamides is 1. The monoisotopic (exact) mass is 308 g/mol. The lowest BCUT2D eigenvalue weighted by Crippen LogP contribution is -2.36. The number of nitrogens with one attached hydrogen (secondary N) is 1. The van der Waals surface area contributed by atoms with E-state index >= 15 is 0 Å². The van der Waals surface area contributed by atoms with Crippen LogP contribution in [0.1, 0.15) is 18.1 Å². The quantitative estimate of drug-likeness (QED) is 0.833. The third-order valence-corrected chi connectivity index (χ3v) is 4.89. The van der Waals surface area contributed by atoms with E-state index in [9.17, 15) is 8.42 Å². The van der Waals surface area contributed by atoms with Crippen molar-refractivity contribution < 1.29 is 8.42 Å². The van der Waals surface area contributed by atoms with Crippen LogP contribution in [0.5, 0.6) is 0 Å². The molecule has 0 bridgehead atoms. The van der Waals surface area contributed by atoms with Crippen LogP contribution in [-0.2, 0) is 23.1 Å². The fraction of sp³-hybridized carbons (Fsp3) is 0.357. The highest BCUT2D eigenvalue weighted by Gasteiger charge is 2.19. The molecule has 114 valence electrons. The lowest BCUT2D eigenvalue weighted by atomic mass is 10.1. The molecule has 1 unspecified atom stereocenters. The van der Waals surface area contributed by atoms with Gasteiger partial charge in [-0.15, -0.1) is 0 Å². The van der Waals surface area contributed by atoms with E-state index in [0.29, 0.717) is 18.7 Å². The number of nitrogens with zero attached hydrogens (tertiary/aromatic N) is 2. The molecule has 6 nitrogen and oxygen atoms in total. The van der Waals surface area contributed by atoms with Crippen LogP contribution in [0.4, 0.5) is 0 Å². The summed E-state index contributed by atoms with van der Waals surface area (Å²) in [4.78, 5) is 0.284.